The third-order valence-electron chi connectivity index (χ3n) is 5.63. The monoisotopic (exact) mass is 494 g/mol. The van der Waals surface area contributed by atoms with Crippen molar-refractivity contribution >= 4 is 0 Å². The van der Waals surface area contributed by atoms with Gasteiger partial charge in [-0.3, -0.25) is 0 Å². The molecule has 5 heteroatoms. The van der Waals surface area contributed by atoms with E-state index in [1.807, 2.05) is 0 Å². The summed E-state index contributed by atoms with van der Waals surface area (Å²) in [6.45, 7) is 16.4. The number of hydrogen-bond donors (Lipinski definition) is 0. The zero-order chi connectivity index (χ0) is 15.0. The molecule has 144 valence electrons. The van der Waals surface area contributed by atoms with Crippen molar-refractivity contribution in [2.45, 2.75) is 79.3 Å². The summed E-state index contributed by atoms with van der Waals surface area (Å²) in [7, 11) is 0. The summed E-state index contributed by atoms with van der Waals surface area (Å²) in [6, 6.07) is 0.997. The van der Waals surface area contributed by atoms with E-state index in [-0.39, 0.29) is 50.5 Å². The third kappa shape index (κ3) is 7.64. The van der Waals surface area contributed by atoms with E-state index in [0.29, 0.717) is 22.9 Å². The fraction of sp³-hybridized carbons (Fsp3) is 1.00. The van der Waals surface area contributed by atoms with Crippen molar-refractivity contribution in [3.8, 4) is 0 Å². The van der Waals surface area contributed by atoms with Crippen LogP contribution in [0.1, 0.15) is 67.2 Å². The molecule has 4 atom stereocenters. The molecule has 0 spiro atoms. The molecule has 0 aromatic carbocycles. The predicted octanol–water partition coefficient (Wildman–Crippen LogP) is -0.611. The predicted molar refractivity (Wildman–Crippen MR) is 88.4 cm³/mol. The molecule has 2 fully saturated rings. The number of hydrogen-bond acceptors (Lipinski definition) is 0. The third-order valence-corrected chi connectivity index (χ3v) is 5.63. The maximum Gasteiger partial charge on any atom is 0 e. The van der Waals surface area contributed by atoms with E-state index in [4.69, 9.17) is 10.6 Å². The first-order valence-electron chi connectivity index (χ1n) is 8.51. The van der Waals surface area contributed by atoms with Gasteiger partial charge < -0.3 is 44.6 Å². The van der Waals surface area contributed by atoms with Gasteiger partial charge >= 0.3 is 0 Å². The van der Waals surface area contributed by atoms with Gasteiger partial charge in [-0.25, -0.2) is 0 Å². The topological polar surface area (TPSA) is 28.2 Å². The fourth-order valence-electron chi connectivity index (χ4n) is 3.89. The van der Waals surface area contributed by atoms with Crippen LogP contribution in [-0.2, 0) is 16.5 Å². The van der Waals surface area contributed by atoms with E-state index in [2.05, 4.69) is 41.5 Å². The summed E-state index contributed by atoms with van der Waals surface area (Å²) >= 11 is 0. The molecule has 0 saturated carbocycles. The van der Waals surface area contributed by atoms with Gasteiger partial charge in [0.2, 0.25) is 0 Å². The van der Waals surface area contributed by atoms with Gasteiger partial charge in [0.15, 0.2) is 0 Å². The van der Waals surface area contributed by atoms with Gasteiger partial charge in [-0.15, -0.1) is 13.1 Å². The Balaban J connectivity index is 0. The summed E-state index contributed by atoms with van der Waals surface area (Å²) in [5.74, 6) is 1.63. The minimum absolute atomic E-state index is 0. The molecule has 2 rings (SSSR count). The summed E-state index contributed by atoms with van der Waals surface area (Å²) < 4.78 is 0. The second-order valence-electron chi connectivity index (χ2n) is 9.12. The van der Waals surface area contributed by atoms with Crippen molar-refractivity contribution in [3.63, 3.8) is 0 Å². The van der Waals surface area contributed by atoms with E-state index in [9.17, 15) is 0 Å². The number of piperidine rings is 2. The first-order chi connectivity index (χ1) is 9.18. The first kappa shape index (κ1) is 26.6. The van der Waals surface area contributed by atoms with Crippen LogP contribution in [0.5, 0.6) is 0 Å². The molecule has 0 N–H and O–H groups in total. The Kier molecular flexibility index (Phi) is 12.1. The molecule has 0 aliphatic carbocycles. The molecule has 0 bridgehead atoms. The molecule has 0 aromatic rings. The molecule has 0 aromatic heterocycles. The Labute approximate surface area is 175 Å². The van der Waals surface area contributed by atoms with Crippen LogP contribution in [0.2, 0.25) is 0 Å². The van der Waals surface area contributed by atoms with Gasteiger partial charge in [0.1, 0.15) is 0 Å². The summed E-state index contributed by atoms with van der Waals surface area (Å²) in [5.41, 5.74) is 0.846. The SMILES string of the molecule is CC(C)(C)C1CC[N-]C(C2CC(C(C)(C)C)CC[N-]2)C1.[Br-].[Br-].[Ni]. The smallest absolute Gasteiger partial charge is 0 e. The van der Waals surface area contributed by atoms with Crippen molar-refractivity contribution in [1.82, 2.24) is 0 Å². The van der Waals surface area contributed by atoms with E-state index in [1.165, 1.54) is 25.7 Å². The minimum Gasteiger partial charge on any atom is -1.00 e. The number of rotatable bonds is 1. The van der Waals surface area contributed by atoms with Crippen LogP contribution in [0.25, 0.3) is 10.6 Å². The van der Waals surface area contributed by atoms with Crippen molar-refractivity contribution < 1.29 is 50.5 Å². The van der Waals surface area contributed by atoms with Crippen molar-refractivity contribution in [3.05, 3.63) is 10.6 Å². The normalized spacial score (nSPS) is 32.1. The fourth-order valence-corrected chi connectivity index (χ4v) is 3.89. The van der Waals surface area contributed by atoms with E-state index in [1.54, 1.807) is 0 Å². The first-order valence-corrected chi connectivity index (χ1v) is 8.51. The van der Waals surface area contributed by atoms with Gasteiger partial charge in [0.05, 0.1) is 0 Å². The molecule has 4 unspecified atom stereocenters. The molecule has 2 heterocycles. The molecular weight excluding hydrogens is 463 g/mol. The van der Waals surface area contributed by atoms with Crippen molar-refractivity contribution in [2.24, 2.45) is 22.7 Å². The molecule has 2 nitrogen and oxygen atoms in total. The van der Waals surface area contributed by atoms with Gasteiger partial charge in [0.25, 0.3) is 0 Å². The van der Waals surface area contributed by atoms with Crippen molar-refractivity contribution in [1.29, 1.82) is 0 Å². The largest absolute Gasteiger partial charge is 1.00 e. The Bertz CT molecular complexity index is 294. The maximum atomic E-state index is 4.94. The Morgan fingerprint density at radius 2 is 0.957 bits per heavy atom. The van der Waals surface area contributed by atoms with Gasteiger partial charge in [0, 0.05) is 16.5 Å². The van der Waals surface area contributed by atoms with Crippen LogP contribution in [0.3, 0.4) is 0 Å². The molecule has 2 aliphatic rings. The van der Waals surface area contributed by atoms with Gasteiger partial charge in [-0.1, -0.05) is 67.2 Å². The number of halogens is 2. The second kappa shape index (κ2) is 10.5. The molecule has 0 amide bonds. The van der Waals surface area contributed by atoms with Crippen LogP contribution in [0.15, 0.2) is 0 Å². The van der Waals surface area contributed by atoms with Gasteiger partial charge in [-0.05, 0) is 22.7 Å². The quantitative estimate of drug-likeness (QED) is 0.433. The van der Waals surface area contributed by atoms with E-state index < -0.39 is 0 Å². The van der Waals surface area contributed by atoms with Crippen LogP contribution in [-0.4, -0.2) is 25.2 Å². The Morgan fingerprint density at radius 1 is 0.652 bits per heavy atom. The van der Waals surface area contributed by atoms with Crippen LogP contribution in [0.4, 0.5) is 0 Å². The average molecular weight is 497 g/mol. The van der Waals surface area contributed by atoms with E-state index >= 15 is 0 Å². The summed E-state index contributed by atoms with van der Waals surface area (Å²) in [5, 5.41) is 9.88. The minimum atomic E-state index is 0. The summed E-state index contributed by atoms with van der Waals surface area (Å²) in [4.78, 5) is 0. The average Bonchev–Trinajstić information content (AvgIpc) is 2.37. The maximum absolute atomic E-state index is 4.94. The zero-order valence-electron chi connectivity index (χ0n) is 15.5. The van der Waals surface area contributed by atoms with Gasteiger partial charge in [-0.2, -0.15) is 12.1 Å². The molecule has 2 saturated heterocycles. The molecular formula is C18H34Br2N2Ni-4. The molecule has 2 aliphatic heterocycles. The number of nitrogens with zero attached hydrogens (tertiary/aromatic N) is 2. The Morgan fingerprint density at radius 3 is 1.22 bits per heavy atom. The second-order valence-corrected chi connectivity index (χ2v) is 9.12. The standard InChI is InChI=1S/C18H34N2.2BrH.Ni/c1-17(2,3)13-7-9-19-15(11-13)16-12-14(8-10-20-16)18(4,5)6;;;/h13-16H,7-12H2,1-6H3;2*1H;/q-2;;;/p-2. The Hall–Kier alpha value is 1.37. The summed E-state index contributed by atoms with van der Waals surface area (Å²) in [6.07, 6.45) is 5.06. The van der Waals surface area contributed by atoms with Crippen LogP contribution < -0.4 is 34.0 Å². The van der Waals surface area contributed by atoms with Crippen molar-refractivity contribution in [2.75, 3.05) is 13.1 Å². The molecule has 0 radical (unpaired) electrons. The van der Waals surface area contributed by atoms with Crippen LogP contribution in [0, 0.1) is 22.7 Å². The molecule has 23 heavy (non-hydrogen) atoms. The zero-order valence-corrected chi connectivity index (χ0v) is 19.7. The van der Waals surface area contributed by atoms with E-state index in [0.717, 1.165) is 24.9 Å². The van der Waals surface area contributed by atoms with Crippen LogP contribution >= 0.6 is 0 Å².